The predicted molar refractivity (Wildman–Crippen MR) is 143 cm³/mol. The first-order chi connectivity index (χ1) is 18.4. The molecule has 38 heavy (non-hydrogen) atoms. The van der Waals surface area contributed by atoms with Crippen molar-refractivity contribution >= 4 is 28.2 Å². The lowest BCUT2D eigenvalue weighted by Crippen LogP contribution is -2.13. The van der Waals surface area contributed by atoms with Gasteiger partial charge >= 0.3 is 0 Å². The van der Waals surface area contributed by atoms with Crippen LogP contribution in [0.1, 0.15) is 17.3 Å². The maximum atomic E-state index is 13.5. The van der Waals surface area contributed by atoms with E-state index in [4.69, 9.17) is 14.5 Å². The minimum atomic E-state index is -0.540. The van der Waals surface area contributed by atoms with Crippen LogP contribution < -0.4 is 14.8 Å². The molecular formula is C28H23N5O5. The fourth-order valence-electron chi connectivity index (χ4n) is 3.98. The highest BCUT2D eigenvalue weighted by Crippen LogP contribution is 2.32. The van der Waals surface area contributed by atoms with Crippen LogP contribution in [0.15, 0.2) is 85.2 Å². The van der Waals surface area contributed by atoms with Gasteiger partial charge in [0, 0.05) is 35.8 Å². The molecule has 0 saturated heterocycles. The van der Waals surface area contributed by atoms with E-state index < -0.39 is 10.8 Å². The molecule has 0 aliphatic heterocycles. The van der Waals surface area contributed by atoms with Crippen LogP contribution in [-0.2, 0) is 6.54 Å². The average molecular weight is 510 g/mol. The molecule has 10 nitrogen and oxygen atoms in total. The molecule has 5 aromatic rings. The van der Waals surface area contributed by atoms with E-state index in [0.29, 0.717) is 40.2 Å². The van der Waals surface area contributed by atoms with Gasteiger partial charge in [0.2, 0.25) is 0 Å². The van der Waals surface area contributed by atoms with Crippen LogP contribution in [0.5, 0.6) is 17.2 Å². The number of nitrogens with one attached hydrogen (secondary N) is 1. The van der Waals surface area contributed by atoms with Crippen LogP contribution in [0.4, 0.5) is 11.4 Å². The van der Waals surface area contributed by atoms with Crippen molar-refractivity contribution in [1.29, 1.82) is 0 Å². The number of hydrogen-bond donors (Lipinski definition) is 1. The first-order valence-electron chi connectivity index (χ1n) is 11.8. The monoisotopic (exact) mass is 509 g/mol. The van der Waals surface area contributed by atoms with E-state index in [-0.39, 0.29) is 17.1 Å². The molecule has 3 aromatic carbocycles. The van der Waals surface area contributed by atoms with Crippen LogP contribution in [0.2, 0.25) is 0 Å². The molecule has 2 aromatic heterocycles. The number of rotatable bonds is 8. The number of anilines is 1. The van der Waals surface area contributed by atoms with Crippen molar-refractivity contribution in [3.8, 4) is 28.5 Å². The number of ether oxygens (including phenoxy) is 2. The van der Waals surface area contributed by atoms with Crippen LogP contribution in [0, 0.1) is 10.1 Å². The molecule has 0 spiro atoms. The SMILES string of the molecule is CCn1cc(-c2cc(C(=O)Nc3cc(Oc4ccc(OC)cc4)cc([N+](=O)[O-])c3)c3ccccc3n2)cn1. The van der Waals surface area contributed by atoms with Gasteiger partial charge in [-0.2, -0.15) is 5.10 Å². The Kier molecular flexibility index (Phi) is 6.68. The fraction of sp³-hybridized carbons (Fsp3) is 0.107. The van der Waals surface area contributed by atoms with E-state index in [1.165, 1.54) is 18.2 Å². The fourth-order valence-corrected chi connectivity index (χ4v) is 3.98. The summed E-state index contributed by atoms with van der Waals surface area (Å²) in [7, 11) is 1.55. The molecule has 10 heteroatoms. The number of pyridine rings is 1. The number of non-ortho nitro benzene ring substituents is 1. The number of para-hydroxylation sites is 1. The number of fused-ring (bicyclic) bond motifs is 1. The molecule has 0 aliphatic carbocycles. The highest BCUT2D eigenvalue weighted by atomic mass is 16.6. The van der Waals surface area contributed by atoms with Gasteiger partial charge in [0.25, 0.3) is 11.6 Å². The third-order valence-corrected chi connectivity index (χ3v) is 5.87. The molecule has 1 amide bonds. The number of hydrogen-bond acceptors (Lipinski definition) is 7. The third-order valence-electron chi connectivity index (χ3n) is 5.87. The molecule has 190 valence electrons. The van der Waals surface area contributed by atoms with Gasteiger partial charge in [0.05, 0.1) is 46.8 Å². The number of methoxy groups -OCH3 is 1. The van der Waals surface area contributed by atoms with Gasteiger partial charge in [-0.1, -0.05) is 18.2 Å². The zero-order valence-electron chi connectivity index (χ0n) is 20.6. The first-order valence-corrected chi connectivity index (χ1v) is 11.8. The van der Waals surface area contributed by atoms with Gasteiger partial charge < -0.3 is 14.8 Å². The van der Waals surface area contributed by atoms with Gasteiger partial charge in [0.1, 0.15) is 17.2 Å². The lowest BCUT2D eigenvalue weighted by atomic mass is 10.0. The quantitative estimate of drug-likeness (QED) is 0.199. The summed E-state index contributed by atoms with van der Waals surface area (Å²) in [4.78, 5) is 29.3. The standard InChI is InChI=1S/C28H23N5O5/c1-3-32-17-18(16-29-32)27-15-25(24-6-4-5-7-26(24)31-27)28(34)30-19-12-20(33(35)36)14-23(13-19)38-22-10-8-21(37-2)9-11-22/h4-17H,3H2,1-2H3,(H,30,34). The topological polar surface area (TPSA) is 121 Å². The Morgan fingerprint density at radius 2 is 1.79 bits per heavy atom. The molecule has 2 heterocycles. The van der Waals surface area contributed by atoms with E-state index in [1.807, 2.05) is 37.4 Å². The molecule has 0 unspecified atom stereocenters. The summed E-state index contributed by atoms with van der Waals surface area (Å²) in [6.07, 6.45) is 3.56. The Morgan fingerprint density at radius 1 is 1.03 bits per heavy atom. The van der Waals surface area contributed by atoms with Crippen molar-refractivity contribution in [2.45, 2.75) is 13.5 Å². The molecule has 0 aliphatic rings. The van der Waals surface area contributed by atoms with E-state index in [0.717, 1.165) is 5.56 Å². The van der Waals surface area contributed by atoms with E-state index in [2.05, 4.69) is 10.4 Å². The number of carbonyl (C=O) groups is 1. The first kappa shape index (κ1) is 24.4. The zero-order chi connectivity index (χ0) is 26.6. The average Bonchev–Trinajstić information content (AvgIpc) is 3.42. The highest BCUT2D eigenvalue weighted by molar-refractivity contribution is 6.13. The summed E-state index contributed by atoms with van der Waals surface area (Å²) in [5.41, 5.74) is 2.38. The highest BCUT2D eigenvalue weighted by Gasteiger charge is 2.18. The second-order valence-corrected chi connectivity index (χ2v) is 8.36. The van der Waals surface area contributed by atoms with E-state index >= 15 is 0 Å². The van der Waals surface area contributed by atoms with Gasteiger partial charge in [0.15, 0.2) is 0 Å². The van der Waals surface area contributed by atoms with Gasteiger partial charge in [-0.05, 0) is 43.3 Å². The number of nitro groups is 1. The van der Waals surface area contributed by atoms with Crippen molar-refractivity contribution in [3.63, 3.8) is 0 Å². The van der Waals surface area contributed by atoms with Crippen molar-refractivity contribution in [1.82, 2.24) is 14.8 Å². The molecule has 0 fully saturated rings. The zero-order valence-corrected chi connectivity index (χ0v) is 20.6. The number of benzene rings is 3. The van der Waals surface area contributed by atoms with Gasteiger partial charge in [-0.25, -0.2) is 4.98 Å². The number of amides is 1. The number of nitrogens with zero attached hydrogens (tertiary/aromatic N) is 4. The Morgan fingerprint density at radius 3 is 2.50 bits per heavy atom. The van der Waals surface area contributed by atoms with Crippen LogP contribution in [0.25, 0.3) is 22.2 Å². The third kappa shape index (κ3) is 5.14. The number of aromatic nitrogens is 3. The van der Waals surface area contributed by atoms with Crippen LogP contribution >= 0.6 is 0 Å². The molecular weight excluding hydrogens is 486 g/mol. The summed E-state index contributed by atoms with van der Waals surface area (Å²) in [5.74, 6) is 0.867. The Labute approximate surface area is 217 Å². The van der Waals surface area contributed by atoms with Gasteiger partial charge in [-0.3, -0.25) is 19.6 Å². The second-order valence-electron chi connectivity index (χ2n) is 8.36. The maximum Gasteiger partial charge on any atom is 0.275 e. The second kappa shape index (κ2) is 10.4. The van der Waals surface area contributed by atoms with E-state index in [9.17, 15) is 14.9 Å². The van der Waals surface area contributed by atoms with Crippen molar-refractivity contribution in [3.05, 3.63) is 101 Å². The minimum Gasteiger partial charge on any atom is -0.497 e. The van der Waals surface area contributed by atoms with Crippen molar-refractivity contribution in [2.24, 2.45) is 0 Å². The molecule has 0 bridgehead atoms. The van der Waals surface area contributed by atoms with Crippen LogP contribution in [0.3, 0.4) is 0 Å². The van der Waals surface area contributed by atoms with Gasteiger partial charge in [-0.15, -0.1) is 0 Å². The predicted octanol–water partition coefficient (Wildman–Crippen LogP) is 6.08. The molecule has 5 rings (SSSR count). The summed E-state index contributed by atoms with van der Waals surface area (Å²) >= 11 is 0. The smallest absolute Gasteiger partial charge is 0.275 e. The summed E-state index contributed by atoms with van der Waals surface area (Å²) in [6.45, 7) is 2.68. The van der Waals surface area contributed by atoms with Crippen molar-refractivity contribution < 1.29 is 19.2 Å². The summed E-state index contributed by atoms with van der Waals surface area (Å²) < 4.78 is 12.8. The maximum absolute atomic E-state index is 13.5. The number of nitro benzene ring substituents is 1. The molecule has 0 saturated carbocycles. The lowest BCUT2D eigenvalue weighted by molar-refractivity contribution is -0.384. The Hall–Kier alpha value is -5.25. The number of carbonyl (C=O) groups excluding carboxylic acids is 1. The molecule has 1 N–H and O–H groups in total. The van der Waals surface area contributed by atoms with Crippen molar-refractivity contribution in [2.75, 3.05) is 12.4 Å². The summed E-state index contributed by atoms with van der Waals surface area (Å²) in [6, 6.07) is 19.9. The van der Waals surface area contributed by atoms with E-state index in [1.54, 1.807) is 48.3 Å². The summed E-state index contributed by atoms with van der Waals surface area (Å²) in [5, 5.41) is 19.4. The Bertz CT molecular complexity index is 1650. The number of aryl methyl sites for hydroxylation is 1. The minimum absolute atomic E-state index is 0.201. The normalized spacial score (nSPS) is 10.8. The van der Waals surface area contributed by atoms with Crippen LogP contribution in [-0.4, -0.2) is 32.7 Å². The largest absolute Gasteiger partial charge is 0.497 e. The lowest BCUT2D eigenvalue weighted by Gasteiger charge is -2.12. The molecule has 0 radical (unpaired) electrons. The Balaban J connectivity index is 1.49. The molecule has 0 atom stereocenters.